The molecule has 0 saturated carbocycles. The monoisotopic (exact) mass is 304 g/mol. The van der Waals surface area contributed by atoms with Crippen molar-refractivity contribution in [1.29, 1.82) is 0 Å². The summed E-state index contributed by atoms with van der Waals surface area (Å²) in [6, 6.07) is 0.950. The van der Waals surface area contributed by atoms with E-state index < -0.39 is 41.6 Å². The molecule has 2 heterocycles. The molecule has 9 heteroatoms. The number of hydrogen-bond acceptors (Lipinski definition) is 6. The fraction of sp³-hybridized carbons (Fsp3) is 0.667. The van der Waals surface area contributed by atoms with Crippen LogP contribution in [0.1, 0.15) is 20.1 Å². The van der Waals surface area contributed by atoms with Gasteiger partial charge in [0, 0.05) is 12.3 Å². The van der Waals surface area contributed by atoms with E-state index in [2.05, 4.69) is 0 Å². The first-order valence-corrected chi connectivity index (χ1v) is 6.35. The number of ether oxygens (including phenoxy) is 2. The van der Waals surface area contributed by atoms with Crippen LogP contribution in [0.5, 0.6) is 0 Å². The van der Waals surface area contributed by atoms with Crippen molar-refractivity contribution in [1.82, 2.24) is 9.55 Å². The Morgan fingerprint density at radius 2 is 2.19 bits per heavy atom. The molecule has 1 aliphatic rings. The molecule has 0 aromatic carbocycles. The number of rotatable bonds is 3. The highest BCUT2D eigenvalue weighted by molar-refractivity contribution is 4.90. The van der Waals surface area contributed by atoms with Crippen LogP contribution in [0.4, 0.5) is 4.39 Å². The summed E-state index contributed by atoms with van der Waals surface area (Å²) in [5.41, 5.74) is -1.68. The van der Waals surface area contributed by atoms with Gasteiger partial charge in [-0.05, 0) is 13.8 Å². The number of hydrogen-bond donors (Lipinski definition) is 3. The molecule has 0 spiro atoms. The summed E-state index contributed by atoms with van der Waals surface area (Å²) >= 11 is 0. The van der Waals surface area contributed by atoms with Gasteiger partial charge in [0.2, 0.25) is 6.30 Å². The number of nitrogens with one attached hydrogen (secondary N) is 1. The third kappa shape index (κ3) is 3.38. The molecule has 8 nitrogen and oxygen atoms in total. The van der Waals surface area contributed by atoms with E-state index in [1.54, 1.807) is 13.8 Å². The van der Waals surface area contributed by atoms with E-state index in [-0.39, 0.29) is 6.61 Å². The second kappa shape index (κ2) is 5.68. The SMILES string of the molecule is CC1(C)OC[C@@H](O)C([C@@H](O)C(F)n2ccc(=O)[nH]c2=O)O1. The van der Waals surface area contributed by atoms with E-state index in [9.17, 15) is 24.2 Å². The van der Waals surface area contributed by atoms with Gasteiger partial charge in [0.15, 0.2) is 5.79 Å². The van der Waals surface area contributed by atoms with Crippen LogP contribution in [-0.4, -0.2) is 50.5 Å². The summed E-state index contributed by atoms with van der Waals surface area (Å²) in [6.07, 6.45) is -5.60. The van der Waals surface area contributed by atoms with Gasteiger partial charge in [0.05, 0.1) is 6.61 Å². The van der Waals surface area contributed by atoms with Gasteiger partial charge < -0.3 is 19.7 Å². The summed E-state index contributed by atoms with van der Waals surface area (Å²) in [6.45, 7) is 2.97. The molecule has 21 heavy (non-hydrogen) atoms. The predicted octanol–water partition coefficient (Wildman–Crippen LogP) is -1.12. The molecule has 1 aromatic rings. The third-order valence-electron chi connectivity index (χ3n) is 3.14. The van der Waals surface area contributed by atoms with Crippen molar-refractivity contribution >= 4 is 0 Å². The van der Waals surface area contributed by atoms with Gasteiger partial charge in [-0.25, -0.2) is 9.18 Å². The summed E-state index contributed by atoms with van der Waals surface area (Å²) in [7, 11) is 0. The number of nitrogens with zero attached hydrogens (tertiary/aromatic N) is 1. The van der Waals surface area contributed by atoms with Crippen molar-refractivity contribution in [2.24, 2.45) is 0 Å². The van der Waals surface area contributed by atoms with E-state index in [0.717, 1.165) is 12.3 Å². The lowest BCUT2D eigenvalue weighted by molar-refractivity contribution is -0.324. The fourth-order valence-electron chi connectivity index (χ4n) is 2.06. The summed E-state index contributed by atoms with van der Waals surface area (Å²) in [5, 5.41) is 19.8. The Balaban J connectivity index is 2.23. The first-order chi connectivity index (χ1) is 9.71. The predicted molar refractivity (Wildman–Crippen MR) is 68.4 cm³/mol. The molecule has 3 N–H and O–H groups in total. The topological polar surface area (TPSA) is 114 Å². The van der Waals surface area contributed by atoms with Gasteiger partial charge in [-0.15, -0.1) is 0 Å². The van der Waals surface area contributed by atoms with Crippen LogP contribution < -0.4 is 11.2 Å². The molecule has 0 aliphatic carbocycles. The maximum absolute atomic E-state index is 14.3. The van der Waals surface area contributed by atoms with Crippen LogP contribution in [0, 0.1) is 0 Å². The van der Waals surface area contributed by atoms with Crippen molar-refractivity contribution in [2.75, 3.05) is 6.61 Å². The number of H-pyrrole nitrogens is 1. The zero-order valence-electron chi connectivity index (χ0n) is 11.5. The minimum absolute atomic E-state index is 0.137. The van der Waals surface area contributed by atoms with Crippen LogP contribution in [0.2, 0.25) is 0 Å². The van der Waals surface area contributed by atoms with Gasteiger partial charge in [-0.2, -0.15) is 0 Å². The van der Waals surface area contributed by atoms with Gasteiger partial charge in [0.1, 0.15) is 18.3 Å². The highest BCUT2D eigenvalue weighted by atomic mass is 19.1. The number of aromatic amines is 1. The average Bonchev–Trinajstić information content (AvgIpc) is 2.40. The van der Waals surface area contributed by atoms with Gasteiger partial charge in [-0.3, -0.25) is 14.3 Å². The fourth-order valence-corrected chi connectivity index (χ4v) is 2.06. The van der Waals surface area contributed by atoms with Crippen molar-refractivity contribution in [3.8, 4) is 0 Å². The zero-order chi connectivity index (χ0) is 15.8. The van der Waals surface area contributed by atoms with Crippen LogP contribution in [0.15, 0.2) is 21.9 Å². The summed E-state index contributed by atoms with van der Waals surface area (Å²) in [4.78, 5) is 24.3. The zero-order valence-corrected chi connectivity index (χ0v) is 11.5. The number of alkyl halides is 1. The van der Waals surface area contributed by atoms with Crippen molar-refractivity contribution in [2.45, 2.75) is 44.2 Å². The van der Waals surface area contributed by atoms with E-state index in [4.69, 9.17) is 9.47 Å². The summed E-state index contributed by atoms with van der Waals surface area (Å²) < 4.78 is 25.3. The van der Waals surface area contributed by atoms with Gasteiger partial charge in [0.25, 0.3) is 5.56 Å². The lowest BCUT2D eigenvalue weighted by Crippen LogP contribution is -2.55. The molecule has 0 bridgehead atoms. The number of halogens is 1. The average molecular weight is 304 g/mol. The molecule has 0 radical (unpaired) electrons. The van der Waals surface area contributed by atoms with E-state index >= 15 is 0 Å². The van der Waals surface area contributed by atoms with E-state index in [1.165, 1.54) is 0 Å². The maximum Gasteiger partial charge on any atom is 0.330 e. The molecule has 118 valence electrons. The lowest BCUT2D eigenvalue weighted by atomic mass is 10.1. The first-order valence-electron chi connectivity index (χ1n) is 6.35. The standard InChI is InChI=1S/C12H17FN2O6/c1-12(2)20-5-6(16)9(21-12)8(18)10(13)15-4-3-7(17)14-11(15)19/h3-4,6,8-10,16,18H,5H2,1-2H3,(H,14,17,19)/t6-,8-,9?,10?/m1/s1. The van der Waals surface area contributed by atoms with Crippen molar-refractivity contribution in [3.63, 3.8) is 0 Å². The lowest BCUT2D eigenvalue weighted by Gasteiger charge is -2.41. The normalized spacial score (nSPS) is 28.0. The minimum atomic E-state index is -2.19. The van der Waals surface area contributed by atoms with Crippen LogP contribution >= 0.6 is 0 Å². The maximum atomic E-state index is 14.3. The molecular formula is C12H17FN2O6. The highest BCUT2D eigenvalue weighted by Crippen LogP contribution is 2.28. The number of aliphatic hydroxyl groups excluding tert-OH is 2. The van der Waals surface area contributed by atoms with Crippen LogP contribution in [-0.2, 0) is 9.47 Å². The molecular weight excluding hydrogens is 287 g/mol. The second-order valence-corrected chi connectivity index (χ2v) is 5.24. The number of aliphatic hydroxyl groups is 2. The largest absolute Gasteiger partial charge is 0.388 e. The summed E-state index contributed by atoms with van der Waals surface area (Å²) in [5.74, 6) is -1.10. The van der Waals surface area contributed by atoms with Crippen molar-refractivity contribution < 1.29 is 24.1 Å². The Kier molecular flexibility index (Phi) is 4.28. The smallest absolute Gasteiger partial charge is 0.330 e. The van der Waals surface area contributed by atoms with Gasteiger partial charge >= 0.3 is 5.69 Å². The molecule has 1 aromatic heterocycles. The Hall–Kier alpha value is -1.55. The highest BCUT2D eigenvalue weighted by Gasteiger charge is 2.43. The molecule has 2 rings (SSSR count). The Morgan fingerprint density at radius 3 is 2.81 bits per heavy atom. The third-order valence-corrected chi connectivity index (χ3v) is 3.14. The second-order valence-electron chi connectivity index (χ2n) is 5.24. The Labute approximate surface area is 118 Å². The Bertz CT molecular complexity index is 612. The quantitative estimate of drug-likeness (QED) is 0.652. The molecule has 1 saturated heterocycles. The van der Waals surface area contributed by atoms with E-state index in [1.807, 2.05) is 4.98 Å². The Morgan fingerprint density at radius 1 is 1.52 bits per heavy atom. The number of aromatic nitrogens is 2. The molecule has 0 amide bonds. The van der Waals surface area contributed by atoms with Crippen LogP contribution in [0.25, 0.3) is 0 Å². The van der Waals surface area contributed by atoms with Crippen LogP contribution in [0.3, 0.4) is 0 Å². The first kappa shape index (κ1) is 15.8. The van der Waals surface area contributed by atoms with Crippen molar-refractivity contribution in [3.05, 3.63) is 33.1 Å². The molecule has 1 fully saturated rings. The molecule has 2 unspecified atom stereocenters. The molecule has 4 atom stereocenters. The van der Waals surface area contributed by atoms with Gasteiger partial charge in [-0.1, -0.05) is 0 Å². The minimum Gasteiger partial charge on any atom is -0.388 e. The molecule has 1 aliphatic heterocycles. The van der Waals surface area contributed by atoms with E-state index in [0.29, 0.717) is 4.57 Å².